The highest BCUT2D eigenvalue weighted by molar-refractivity contribution is 6.09. The molecule has 0 amide bonds. The number of pyridine rings is 1. The first-order valence-electron chi connectivity index (χ1n) is 16.3. The van der Waals surface area contributed by atoms with Crippen molar-refractivity contribution in [2.75, 3.05) is 0 Å². The molecule has 0 saturated carbocycles. The summed E-state index contributed by atoms with van der Waals surface area (Å²) in [5.41, 5.74) is 9.05. The van der Waals surface area contributed by atoms with E-state index >= 15 is 0 Å². The lowest BCUT2D eigenvalue weighted by Crippen LogP contribution is -2.29. The van der Waals surface area contributed by atoms with Crippen molar-refractivity contribution in [1.82, 2.24) is 14.1 Å². The summed E-state index contributed by atoms with van der Waals surface area (Å²) in [6, 6.07) is 34.0. The maximum atomic E-state index is 6.60. The van der Waals surface area contributed by atoms with Gasteiger partial charge in [-0.15, -0.1) is 0 Å². The Kier molecular flexibility index (Phi) is 7.31. The van der Waals surface area contributed by atoms with E-state index in [0.717, 1.165) is 50.8 Å². The maximum Gasteiger partial charge on any atom is 0.269 e. The molecule has 47 heavy (non-hydrogen) atoms. The molecular formula is C42H42N4O. The van der Waals surface area contributed by atoms with Crippen molar-refractivity contribution < 1.29 is 9.30 Å². The van der Waals surface area contributed by atoms with Crippen molar-refractivity contribution in [3.05, 3.63) is 138 Å². The van der Waals surface area contributed by atoms with Crippen LogP contribution in [0.3, 0.4) is 0 Å². The quantitative estimate of drug-likeness (QED) is 0.142. The molecular weight excluding hydrogens is 576 g/mol. The van der Waals surface area contributed by atoms with Crippen LogP contribution in [0.5, 0.6) is 11.5 Å². The number of imidazole rings is 1. The van der Waals surface area contributed by atoms with E-state index in [2.05, 4.69) is 167 Å². The van der Waals surface area contributed by atoms with Crippen molar-refractivity contribution >= 4 is 21.8 Å². The van der Waals surface area contributed by atoms with Gasteiger partial charge in [-0.25, -0.2) is 4.98 Å². The molecule has 7 aromatic rings. The Bertz CT molecular complexity index is 2270. The first-order chi connectivity index (χ1) is 22.4. The van der Waals surface area contributed by atoms with Crippen LogP contribution in [0.1, 0.15) is 63.9 Å². The third kappa shape index (κ3) is 5.71. The van der Waals surface area contributed by atoms with Crippen LogP contribution in [0, 0.1) is 20.2 Å². The second kappa shape index (κ2) is 11.3. The Labute approximate surface area is 277 Å². The summed E-state index contributed by atoms with van der Waals surface area (Å²) >= 11 is 0. The van der Waals surface area contributed by atoms with Gasteiger partial charge in [0.25, 0.3) is 6.33 Å². The SMILES string of the molecule is Cc1ccc(C)c(-[n+]2[c-]n(-c3cccc(Oc4ccc5c6ccccc6n(-c6cc(C(C)(C)C)ccn6)c5c4)c3)c(C(C)(C)C)c2)c1. The van der Waals surface area contributed by atoms with Gasteiger partial charge in [0.2, 0.25) is 0 Å². The van der Waals surface area contributed by atoms with E-state index < -0.39 is 0 Å². The molecule has 0 spiro atoms. The van der Waals surface area contributed by atoms with Gasteiger partial charge in [0.15, 0.2) is 0 Å². The van der Waals surface area contributed by atoms with E-state index in [1.165, 1.54) is 22.1 Å². The van der Waals surface area contributed by atoms with Gasteiger partial charge in [-0.3, -0.25) is 13.7 Å². The lowest BCUT2D eigenvalue weighted by molar-refractivity contribution is -0.600. The lowest BCUT2D eigenvalue weighted by atomic mass is 9.88. The van der Waals surface area contributed by atoms with Gasteiger partial charge in [0, 0.05) is 29.2 Å². The number of nitrogens with zero attached hydrogens (tertiary/aromatic N) is 4. The lowest BCUT2D eigenvalue weighted by Gasteiger charge is -2.21. The highest BCUT2D eigenvalue weighted by atomic mass is 16.5. The van der Waals surface area contributed by atoms with Crippen molar-refractivity contribution in [1.29, 1.82) is 0 Å². The molecule has 0 saturated heterocycles. The number of para-hydroxylation sites is 1. The Balaban J connectivity index is 1.30. The number of ether oxygens (including phenoxy) is 1. The highest BCUT2D eigenvalue weighted by Crippen LogP contribution is 2.36. The molecule has 0 aliphatic rings. The fraction of sp³-hybridized carbons (Fsp3) is 0.238. The second-order valence-corrected chi connectivity index (χ2v) is 14.6. The minimum Gasteiger partial charge on any atom is -0.458 e. The third-order valence-electron chi connectivity index (χ3n) is 8.89. The minimum atomic E-state index is -0.104. The van der Waals surface area contributed by atoms with E-state index in [-0.39, 0.29) is 10.8 Å². The molecule has 3 heterocycles. The standard InChI is InChI=1S/C42H42N4O/c1-28-16-17-29(2)37(22-28)44-26-39(42(6,7)8)45(27-44)31-12-11-13-32(24-31)47-33-18-19-35-34-14-9-10-15-36(34)46(38(35)25-33)40-23-30(20-21-43-40)41(3,4)5/h9-26H,1-8H3. The molecule has 4 aromatic carbocycles. The van der Waals surface area contributed by atoms with Gasteiger partial charge >= 0.3 is 0 Å². The van der Waals surface area contributed by atoms with Gasteiger partial charge in [-0.2, -0.15) is 0 Å². The molecule has 7 rings (SSSR count). The normalized spacial score (nSPS) is 12.3. The zero-order chi connectivity index (χ0) is 33.1. The molecule has 5 heteroatoms. The second-order valence-electron chi connectivity index (χ2n) is 14.6. The number of aromatic nitrogens is 4. The summed E-state index contributed by atoms with van der Waals surface area (Å²) in [6.07, 6.45) is 7.74. The van der Waals surface area contributed by atoms with Crippen LogP contribution < -0.4 is 9.30 Å². The molecule has 0 bridgehead atoms. The number of fused-ring (bicyclic) bond motifs is 3. The summed E-state index contributed by atoms with van der Waals surface area (Å²) < 4.78 is 13.1. The van der Waals surface area contributed by atoms with Gasteiger partial charge in [0.1, 0.15) is 17.3 Å². The predicted molar refractivity (Wildman–Crippen MR) is 192 cm³/mol. The Hall–Kier alpha value is -5.16. The van der Waals surface area contributed by atoms with Crippen LogP contribution in [0.4, 0.5) is 0 Å². The number of hydrogen-bond acceptors (Lipinski definition) is 2. The largest absolute Gasteiger partial charge is 0.458 e. The summed E-state index contributed by atoms with van der Waals surface area (Å²) in [7, 11) is 0. The van der Waals surface area contributed by atoms with E-state index in [4.69, 9.17) is 9.72 Å². The molecule has 3 aromatic heterocycles. The number of hydrogen-bond donors (Lipinski definition) is 0. The van der Waals surface area contributed by atoms with E-state index in [1.807, 2.05) is 18.3 Å². The average Bonchev–Trinajstić information content (AvgIpc) is 3.62. The van der Waals surface area contributed by atoms with Crippen LogP contribution in [-0.2, 0) is 10.8 Å². The molecule has 5 nitrogen and oxygen atoms in total. The monoisotopic (exact) mass is 618 g/mol. The molecule has 0 atom stereocenters. The molecule has 236 valence electrons. The van der Waals surface area contributed by atoms with Crippen LogP contribution in [0.2, 0.25) is 0 Å². The molecule has 0 unspecified atom stereocenters. The zero-order valence-electron chi connectivity index (χ0n) is 28.6. The van der Waals surface area contributed by atoms with Gasteiger partial charge in [-0.1, -0.05) is 83.5 Å². The van der Waals surface area contributed by atoms with Crippen LogP contribution >= 0.6 is 0 Å². The Morgan fingerprint density at radius 2 is 1.47 bits per heavy atom. The molecule has 0 aliphatic carbocycles. The van der Waals surface area contributed by atoms with Crippen molar-refractivity contribution in [3.8, 4) is 28.7 Å². The molecule has 0 aliphatic heterocycles. The van der Waals surface area contributed by atoms with E-state index in [9.17, 15) is 0 Å². The Morgan fingerprint density at radius 3 is 2.26 bits per heavy atom. The number of aryl methyl sites for hydroxylation is 2. The van der Waals surface area contributed by atoms with E-state index in [0.29, 0.717) is 0 Å². The zero-order valence-corrected chi connectivity index (χ0v) is 28.6. The third-order valence-corrected chi connectivity index (χ3v) is 8.89. The summed E-state index contributed by atoms with van der Waals surface area (Å²) in [4.78, 5) is 4.83. The molecule has 0 N–H and O–H groups in total. The topological polar surface area (TPSA) is 35.9 Å². The smallest absolute Gasteiger partial charge is 0.269 e. The number of rotatable bonds is 5. The highest BCUT2D eigenvalue weighted by Gasteiger charge is 2.23. The van der Waals surface area contributed by atoms with Gasteiger partial charge in [-0.05, 0) is 90.4 Å². The van der Waals surface area contributed by atoms with Gasteiger partial charge < -0.3 is 4.74 Å². The molecule has 0 fully saturated rings. The van der Waals surface area contributed by atoms with E-state index in [1.54, 1.807) is 0 Å². The summed E-state index contributed by atoms with van der Waals surface area (Å²) in [5, 5.41) is 2.35. The van der Waals surface area contributed by atoms with Crippen molar-refractivity contribution in [2.24, 2.45) is 0 Å². The van der Waals surface area contributed by atoms with Crippen molar-refractivity contribution in [2.45, 2.75) is 66.2 Å². The maximum absolute atomic E-state index is 6.60. The first kappa shape index (κ1) is 30.5. The van der Waals surface area contributed by atoms with Crippen molar-refractivity contribution in [3.63, 3.8) is 0 Å². The first-order valence-corrected chi connectivity index (χ1v) is 16.3. The van der Waals surface area contributed by atoms with Crippen LogP contribution in [0.25, 0.3) is 39.0 Å². The average molecular weight is 619 g/mol. The minimum absolute atomic E-state index is 0.0118. The van der Waals surface area contributed by atoms with Crippen LogP contribution in [0.15, 0.2) is 109 Å². The number of benzene rings is 4. The summed E-state index contributed by atoms with van der Waals surface area (Å²) in [5.74, 6) is 2.43. The molecule has 0 radical (unpaired) electrons. The fourth-order valence-corrected chi connectivity index (χ4v) is 6.29. The van der Waals surface area contributed by atoms with Crippen LogP contribution in [-0.4, -0.2) is 14.1 Å². The van der Waals surface area contributed by atoms with Gasteiger partial charge in [0.05, 0.1) is 28.1 Å². The predicted octanol–water partition coefficient (Wildman–Crippen LogP) is 10.1. The fourth-order valence-electron chi connectivity index (χ4n) is 6.29. The Morgan fingerprint density at radius 1 is 0.702 bits per heavy atom. The summed E-state index contributed by atoms with van der Waals surface area (Å²) in [6.45, 7) is 17.7.